The second-order valence-corrected chi connectivity index (χ2v) is 6.72. The van der Waals surface area contributed by atoms with Crippen molar-refractivity contribution in [2.45, 2.75) is 5.75 Å². The molecule has 0 aliphatic heterocycles. The van der Waals surface area contributed by atoms with Crippen molar-refractivity contribution in [3.8, 4) is 0 Å². The van der Waals surface area contributed by atoms with E-state index in [1.54, 1.807) is 11.8 Å². The quantitative estimate of drug-likeness (QED) is 0.416. The first-order chi connectivity index (χ1) is 12.5. The summed E-state index contributed by atoms with van der Waals surface area (Å²) >= 11 is 7.33. The smallest absolute Gasteiger partial charge is 0.340 e. The number of rotatable bonds is 8. The van der Waals surface area contributed by atoms with Gasteiger partial charge in [-0.3, -0.25) is 4.79 Å². The van der Waals surface area contributed by atoms with Crippen molar-refractivity contribution in [2.75, 3.05) is 18.9 Å². The molecule has 2 aromatic carbocycles. The predicted octanol–water partition coefficient (Wildman–Crippen LogP) is 3.82. The minimum atomic E-state index is -1.22. The number of hydrogen-bond acceptors (Lipinski definition) is 4. The number of hydrogen-bond donors (Lipinski definition) is 1. The first-order valence-electron chi connectivity index (χ1n) is 7.67. The van der Waals surface area contributed by atoms with Gasteiger partial charge in [-0.05, 0) is 17.7 Å². The fourth-order valence-corrected chi connectivity index (χ4v) is 3.01. The molecule has 0 aliphatic rings. The summed E-state index contributed by atoms with van der Waals surface area (Å²) in [4.78, 5) is 23.4. The van der Waals surface area contributed by atoms with Gasteiger partial charge >= 0.3 is 5.97 Å². The summed E-state index contributed by atoms with van der Waals surface area (Å²) in [5, 5.41) is 2.32. The molecular formula is C18H16ClF2NO3S. The number of thioether (sulfide) groups is 1. The number of benzene rings is 2. The van der Waals surface area contributed by atoms with Crippen LogP contribution in [0.2, 0.25) is 5.02 Å². The van der Waals surface area contributed by atoms with Crippen LogP contribution in [0.15, 0.2) is 42.5 Å². The van der Waals surface area contributed by atoms with Crippen molar-refractivity contribution in [3.63, 3.8) is 0 Å². The predicted molar refractivity (Wildman–Crippen MR) is 97.3 cm³/mol. The zero-order valence-corrected chi connectivity index (χ0v) is 15.2. The van der Waals surface area contributed by atoms with Gasteiger partial charge in [0.25, 0.3) is 5.91 Å². The molecule has 4 nitrogen and oxygen atoms in total. The molecule has 0 fully saturated rings. The van der Waals surface area contributed by atoms with E-state index in [0.29, 0.717) is 24.4 Å². The largest absolute Gasteiger partial charge is 0.452 e. The Hall–Kier alpha value is -2.12. The highest BCUT2D eigenvalue weighted by Crippen LogP contribution is 2.20. The van der Waals surface area contributed by atoms with E-state index < -0.39 is 30.1 Å². The topological polar surface area (TPSA) is 55.4 Å². The molecule has 0 saturated heterocycles. The summed E-state index contributed by atoms with van der Waals surface area (Å²) in [6.07, 6.45) is 0. The van der Waals surface area contributed by atoms with Crippen LogP contribution in [0.25, 0.3) is 0 Å². The van der Waals surface area contributed by atoms with Crippen LogP contribution < -0.4 is 5.32 Å². The Morgan fingerprint density at radius 1 is 1.12 bits per heavy atom. The molecule has 1 N–H and O–H groups in total. The Labute approximate surface area is 158 Å². The SMILES string of the molecule is O=C(COC(=O)c1cc(F)c(F)cc1Cl)NCCSCc1ccccc1. The normalized spacial score (nSPS) is 10.4. The van der Waals surface area contributed by atoms with E-state index in [1.807, 2.05) is 30.3 Å². The highest BCUT2D eigenvalue weighted by molar-refractivity contribution is 7.98. The molecule has 0 spiro atoms. The molecule has 0 heterocycles. The van der Waals surface area contributed by atoms with E-state index in [4.69, 9.17) is 16.3 Å². The monoisotopic (exact) mass is 399 g/mol. The van der Waals surface area contributed by atoms with Gasteiger partial charge in [-0.15, -0.1) is 0 Å². The van der Waals surface area contributed by atoms with Crippen molar-refractivity contribution in [1.82, 2.24) is 5.32 Å². The number of amides is 1. The summed E-state index contributed by atoms with van der Waals surface area (Å²) in [6.45, 7) is -0.114. The Morgan fingerprint density at radius 2 is 1.81 bits per heavy atom. The lowest BCUT2D eigenvalue weighted by Crippen LogP contribution is -2.30. The minimum absolute atomic E-state index is 0.286. The second kappa shape index (κ2) is 10.1. The maximum absolute atomic E-state index is 13.2. The van der Waals surface area contributed by atoms with Crippen molar-refractivity contribution >= 4 is 35.2 Å². The summed E-state index contributed by atoms with van der Waals surface area (Å²) in [6, 6.07) is 11.2. The molecule has 8 heteroatoms. The number of nitrogens with one attached hydrogen (secondary N) is 1. The molecule has 1 amide bonds. The molecule has 0 unspecified atom stereocenters. The van der Waals surface area contributed by atoms with Gasteiger partial charge in [0, 0.05) is 18.1 Å². The van der Waals surface area contributed by atoms with Crippen LogP contribution in [0.3, 0.4) is 0 Å². The first kappa shape index (κ1) is 20.2. The minimum Gasteiger partial charge on any atom is -0.452 e. The highest BCUT2D eigenvalue weighted by atomic mass is 35.5. The van der Waals surface area contributed by atoms with Crippen LogP contribution in [-0.4, -0.2) is 30.8 Å². The molecule has 2 rings (SSSR count). The molecule has 26 heavy (non-hydrogen) atoms. The van der Waals surface area contributed by atoms with Crippen LogP contribution in [0, 0.1) is 11.6 Å². The summed E-state index contributed by atoms with van der Waals surface area (Å²) in [5.74, 6) is -2.34. The van der Waals surface area contributed by atoms with Gasteiger partial charge < -0.3 is 10.1 Å². The van der Waals surface area contributed by atoms with Gasteiger partial charge in [0.2, 0.25) is 0 Å². The van der Waals surface area contributed by atoms with E-state index in [9.17, 15) is 18.4 Å². The number of carbonyl (C=O) groups is 2. The lowest BCUT2D eigenvalue weighted by molar-refractivity contribution is -0.124. The average Bonchev–Trinajstić information content (AvgIpc) is 2.63. The molecule has 0 radical (unpaired) electrons. The van der Waals surface area contributed by atoms with Crippen molar-refractivity contribution < 1.29 is 23.1 Å². The molecule has 2 aromatic rings. The van der Waals surface area contributed by atoms with E-state index in [-0.39, 0.29) is 10.6 Å². The number of ether oxygens (including phenoxy) is 1. The molecule has 0 aromatic heterocycles. The van der Waals surface area contributed by atoms with Gasteiger partial charge in [-0.1, -0.05) is 41.9 Å². The van der Waals surface area contributed by atoms with Gasteiger partial charge in [0.05, 0.1) is 10.6 Å². The molecule has 0 aliphatic carbocycles. The third-order valence-corrected chi connectivity index (χ3v) is 4.59. The zero-order valence-electron chi connectivity index (χ0n) is 13.6. The van der Waals surface area contributed by atoms with E-state index >= 15 is 0 Å². The third kappa shape index (κ3) is 6.31. The standard InChI is InChI=1S/C18H16ClF2NO3S/c19-14-9-16(21)15(20)8-13(14)18(24)25-10-17(23)22-6-7-26-11-12-4-2-1-3-5-12/h1-5,8-9H,6-7,10-11H2,(H,22,23). The van der Waals surface area contributed by atoms with Gasteiger partial charge in [0.15, 0.2) is 18.2 Å². The van der Waals surface area contributed by atoms with Crippen LogP contribution in [-0.2, 0) is 15.3 Å². The Kier molecular flexibility index (Phi) is 7.87. The summed E-state index contributed by atoms with van der Waals surface area (Å²) < 4.78 is 30.9. The maximum atomic E-state index is 13.2. The van der Waals surface area contributed by atoms with Crippen LogP contribution in [0.4, 0.5) is 8.78 Å². The average molecular weight is 400 g/mol. The lowest BCUT2D eigenvalue weighted by atomic mass is 10.2. The zero-order chi connectivity index (χ0) is 18.9. The molecule has 0 saturated carbocycles. The molecule has 0 bridgehead atoms. The summed E-state index contributed by atoms with van der Waals surface area (Å²) in [5.41, 5.74) is 0.859. The van der Waals surface area contributed by atoms with Gasteiger partial charge in [0.1, 0.15) is 0 Å². The lowest BCUT2D eigenvalue weighted by Gasteiger charge is -2.08. The summed E-state index contributed by atoms with van der Waals surface area (Å²) in [7, 11) is 0. The van der Waals surface area contributed by atoms with Crippen LogP contribution in [0.5, 0.6) is 0 Å². The molecule has 0 atom stereocenters. The number of carbonyl (C=O) groups excluding carboxylic acids is 2. The first-order valence-corrected chi connectivity index (χ1v) is 9.20. The van der Waals surface area contributed by atoms with E-state index in [2.05, 4.69) is 5.32 Å². The van der Waals surface area contributed by atoms with Gasteiger partial charge in [-0.25, -0.2) is 13.6 Å². The van der Waals surface area contributed by atoms with Crippen LogP contribution >= 0.6 is 23.4 Å². The van der Waals surface area contributed by atoms with E-state index in [0.717, 1.165) is 5.75 Å². The Balaban J connectivity index is 1.67. The second-order valence-electron chi connectivity index (χ2n) is 5.21. The third-order valence-electron chi connectivity index (χ3n) is 3.24. The van der Waals surface area contributed by atoms with Crippen molar-refractivity contribution in [3.05, 3.63) is 70.2 Å². The fourth-order valence-electron chi connectivity index (χ4n) is 1.97. The Bertz CT molecular complexity index is 775. The van der Waals surface area contributed by atoms with Gasteiger partial charge in [-0.2, -0.15) is 11.8 Å². The van der Waals surface area contributed by atoms with Crippen molar-refractivity contribution in [2.24, 2.45) is 0 Å². The van der Waals surface area contributed by atoms with E-state index in [1.165, 1.54) is 5.56 Å². The molecular weight excluding hydrogens is 384 g/mol. The molecule has 138 valence electrons. The van der Waals surface area contributed by atoms with Crippen LogP contribution in [0.1, 0.15) is 15.9 Å². The Morgan fingerprint density at radius 3 is 2.54 bits per heavy atom. The van der Waals surface area contributed by atoms with Crippen molar-refractivity contribution in [1.29, 1.82) is 0 Å². The number of halogens is 3. The highest BCUT2D eigenvalue weighted by Gasteiger charge is 2.17. The fraction of sp³-hybridized carbons (Fsp3) is 0.222. The maximum Gasteiger partial charge on any atom is 0.340 e. The number of esters is 1.